The van der Waals surface area contributed by atoms with Gasteiger partial charge in [0.15, 0.2) is 0 Å². The van der Waals surface area contributed by atoms with Crippen molar-refractivity contribution in [3.05, 3.63) is 46.5 Å². The van der Waals surface area contributed by atoms with Crippen LogP contribution in [0.4, 0.5) is 0 Å². The van der Waals surface area contributed by atoms with Crippen molar-refractivity contribution in [3.63, 3.8) is 0 Å². The third-order valence-electron chi connectivity index (χ3n) is 2.20. The van der Waals surface area contributed by atoms with E-state index in [1.165, 1.54) is 0 Å². The fourth-order valence-electron chi connectivity index (χ4n) is 1.30. The molecule has 1 aromatic carbocycles. The van der Waals surface area contributed by atoms with Gasteiger partial charge >= 0.3 is 0 Å². The van der Waals surface area contributed by atoms with Gasteiger partial charge in [-0.25, -0.2) is 0 Å². The molecule has 0 saturated carbocycles. The highest BCUT2D eigenvalue weighted by molar-refractivity contribution is 6.42. The molecule has 0 aliphatic carbocycles. The first-order valence-corrected chi connectivity index (χ1v) is 6.33. The smallest absolute Gasteiger partial charge is 0.0595 e. The van der Waals surface area contributed by atoms with Crippen LogP contribution in [0.5, 0.6) is 0 Å². The largest absolute Gasteiger partial charge is 0.380 e. The first-order valence-electron chi connectivity index (χ1n) is 5.57. The molecule has 0 aromatic heterocycles. The van der Waals surface area contributed by atoms with Crippen molar-refractivity contribution in [1.82, 2.24) is 5.32 Å². The lowest BCUT2D eigenvalue weighted by atomic mass is 10.2. The van der Waals surface area contributed by atoms with Crippen molar-refractivity contribution in [2.45, 2.75) is 13.0 Å². The highest BCUT2D eigenvalue weighted by atomic mass is 35.5. The Morgan fingerprint density at radius 1 is 1.24 bits per heavy atom. The third-order valence-corrected chi connectivity index (χ3v) is 2.94. The molecule has 1 N–H and O–H groups in total. The Hall–Kier alpha value is -0.540. The topological polar surface area (TPSA) is 21.3 Å². The van der Waals surface area contributed by atoms with Crippen molar-refractivity contribution < 1.29 is 4.74 Å². The summed E-state index contributed by atoms with van der Waals surface area (Å²) in [6, 6.07) is 5.64. The van der Waals surface area contributed by atoms with E-state index in [0.29, 0.717) is 16.7 Å². The Morgan fingerprint density at radius 3 is 2.76 bits per heavy atom. The summed E-state index contributed by atoms with van der Waals surface area (Å²) in [5.41, 5.74) is 1.12. The molecule has 0 saturated heterocycles. The molecule has 2 nitrogen and oxygen atoms in total. The Balaban J connectivity index is 2.13. The summed E-state index contributed by atoms with van der Waals surface area (Å²) in [6.45, 7) is 6.65. The number of nitrogens with one attached hydrogen (secondary N) is 1. The average molecular weight is 274 g/mol. The maximum absolute atomic E-state index is 5.92. The molecule has 0 aliphatic heterocycles. The van der Waals surface area contributed by atoms with E-state index in [2.05, 4.69) is 11.9 Å². The normalized spacial score (nSPS) is 10.5. The molecule has 0 radical (unpaired) electrons. The molecule has 0 atom stereocenters. The lowest BCUT2D eigenvalue weighted by molar-refractivity contribution is 0.140. The monoisotopic (exact) mass is 273 g/mol. The Morgan fingerprint density at radius 2 is 2.06 bits per heavy atom. The van der Waals surface area contributed by atoms with Gasteiger partial charge in [0, 0.05) is 13.1 Å². The Kier molecular flexibility index (Phi) is 7.29. The number of benzene rings is 1. The molecule has 17 heavy (non-hydrogen) atoms. The van der Waals surface area contributed by atoms with E-state index in [9.17, 15) is 0 Å². The fraction of sp³-hybridized carbons (Fsp3) is 0.385. The number of ether oxygens (including phenoxy) is 1. The van der Waals surface area contributed by atoms with Crippen molar-refractivity contribution in [1.29, 1.82) is 0 Å². The van der Waals surface area contributed by atoms with Gasteiger partial charge in [-0.1, -0.05) is 35.3 Å². The van der Waals surface area contributed by atoms with Crippen LogP contribution in [0.2, 0.25) is 10.0 Å². The van der Waals surface area contributed by atoms with E-state index < -0.39 is 0 Å². The lowest BCUT2D eigenvalue weighted by Crippen LogP contribution is -2.19. The van der Waals surface area contributed by atoms with Gasteiger partial charge in [-0.15, -0.1) is 6.58 Å². The molecule has 0 unspecified atom stereocenters. The van der Waals surface area contributed by atoms with E-state index in [1.54, 1.807) is 0 Å². The summed E-state index contributed by atoms with van der Waals surface area (Å²) in [7, 11) is 0. The first kappa shape index (κ1) is 14.5. The van der Waals surface area contributed by atoms with Crippen LogP contribution in [0.25, 0.3) is 0 Å². The summed E-state index contributed by atoms with van der Waals surface area (Å²) in [5, 5.41) is 4.45. The van der Waals surface area contributed by atoms with Gasteiger partial charge in [-0.2, -0.15) is 0 Å². The number of hydrogen-bond acceptors (Lipinski definition) is 2. The molecule has 0 bridgehead atoms. The number of halogens is 2. The second-order valence-electron chi connectivity index (χ2n) is 3.61. The van der Waals surface area contributed by atoms with Crippen LogP contribution in [0.15, 0.2) is 30.9 Å². The molecular formula is C13H17Cl2NO. The van der Waals surface area contributed by atoms with Crippen molar-refractivity contribution >= 4 is 23.2 Å². The molecular weight excluding hydrogens is 257 g/mol. The highest BCUT2D eigenvalue weighted by Gasteiger charge is 1.98. The Labute approximate surface area is 113 Å². The van der Waals surface area contributed by atoms with Crippen LogP contribution in [-0.2, 0) is 11.3 Å². The molecule has 0 heterocycles. The molecule has 0 spiro atoms. The van der Waals surface area contributed by atoms with Crippen molar-refractivity contribution in [2.24, 2.45) is 0 Å². The SMILES string of the molecule is C=CCCOCCNCc1ccc(Cl)c(Cl)c1. The number of hydrogen-bond donors (Lipinski definition) is 1. The maximum atomic E-state index is 5.92. The van der Waals surface area contributed by atoms with Gasteiger partial charge in [0.25, 0.3) is 0 Å². The zero-order valence-electron chi connectivity index (χ0n) is 9.72. The van der Waals surface area contributed by atoms with Gasteiger partial charge in [0.1, 0.15) is 0 Å². The summed E-state index contributed by atoms with van der Waals surface area (Å²) < 4.78 is 5.37. The second kappa shape index (κ2) is 8.54. The van der Waals surface area contributed by atoms with Crippen LogP contribution >= 0.6 is 23.2 Å². The van der Waals surface area contributed by atoms with Gasteiger partial charge in [-0.3, -0.25) is 0 Å². The van der Waals surface area contributed by atoms with Crippen LogP contribution < -0.4 is 5.32 Å². The third kappa shape index (κ3) is 6.08. The van der Waals surface area contributed by atoms with E-state index in [-0.39, 0.29) is 0 Å². The van der Waals surface area contributed by atoms with Crippen LogP contribution in [0.3, 0.4) is 0 Å². The molecule has 0 aliphatic rings. The predicted molar refractivity (Wildman–Crippen MR) is 73.8 cm³/mol. The van der Waals surface area contributed by atoms with Gasteiger partial charge in [-0.05, 0) is 24.1 Å². The van der Waals surface area contributed by atoms with Crippen LogP contribution in [0.1, 0.15) is 12.0 Å². The van der Waals surface area contributed by atoms with E-state index in [1.807, 2.05) is 24.3 Å². The fourth-order valence-corrected chi connectivity index (χ4v) is 1.62. The van der Waals surface area contributed by atoms with E-state index >= 15 is 0 Å². The minimum absolute atomic E-state index is 0.586. The maximum Gasteiger partial charge on any atom is 0.0595 e. The summed E-state index contributed by atoms with van der Waals surface area (Å²) in [5.74, 6) is 0. The van der Waals surface area contributed by atoms with Gasteiger partial charge in [0.05, 0.1) is 23.3 Å². The van der Waals surface area contributed by atoms with Gasteiger partial charge < -0.3 is 10.1 Å². The first-order chi connectivity index (χ1) is 8.24. The van der Waals surface area contributed by atoms with E-state index in [4.69, 9.17) is 27.9 Å². The van der Waals surface area contributed by atoms with Gasteiger partial charge in [0.2, 0.25) is 0 Å². The molecule has 1 rings (SSSR count). The molecule has 1 aromatic rings. The predicted octanol–water partition coefficient (Wildman–Crippen LogP) is 3.68. The highest BCUT2D eigenvalue weighted by Crippen LogP contribution is 2.22. The zero-order valence-corrected chi connectivity index (χ0v) is 11.2. The standard InChI is InChI=1S/C13H17Cl2NO/c1-2-3-7-17-8-6-16-10-11-4-5-12(14)13(15)9-11/h2,4-5,9,16H,1,3,6-8,10H2. The lowest BCUT2D eigenvalue weighted by Gasteiger charge is -2.06. The Bertz CT molecular complexity index is 355. The molecule has 0 fully saturated rings. The van der Waals surface area contributed by atoms with Crippen molar-refractivity contribution in [3.8, 4) is 0 Å². The van der Waals surface area contributed by atoms with Crippen LogP contribution in [-0.4, -0.2) is 19.8 Å². The molecule has 4 heteroatoms. The number of rotatable bonds is 8. The minimum atomic E-state index is 0.586. The molecule has 0 amide bonds. The quantitative estimate of drug-likeness (QED) is 0.577. The summed E-state index contributed by atoms with van der Waals surface area (Å²) >= 11 is 11.7. The second-order valence-corrected chi connectivity index (χ2v) is 4.43. The van der Waals surface area contributed by atoms with E-state index in [0.717, 1.165) is 31.7 Å². The minimum Gasteiger partial charge on any atom is -0.380 e. The zero-order chi connectivity index (χ0) is 12.5. The average Bonchev–Trinajstić information content (AvgIpc) is 2.32. The summed E-state index contributed by atoms with van der Waals surface area (Å²) in [6.07, 6.45) is 2.75. The summed E-state index contributed by atoms with van der Waals surface area (Å²) in [4.78, 5) is 0. The van der Waals surface area contributed by atoms with Crippen LogP contribution in [0, 0.1) is 0 Å². The van der Waals surface area contributed by atoms with Crippen molar-refractivity contribution in [2.75, 3.05) is 19.8 Å². The molecule has 94 valence electrons.